The maximum absolute atomic E-state index is 14.4. The molecule has 3 aromatic rings. The van der Waals surface area contributed by atoms with Crippen LogP contribution in [0, 0.1) is 23.2 Å². The number of anilines is 1. The van der Waals surface area contributed by atoms with Crippen molar-refractivity contribution in [1.82, 2.24) is 25.1 Å². The van der Waals surface area contributed by atoms with Crippen molar-refractivity contribution in [2.45, 2.75) is 75.3 Å². The molecule has 3 aromatic heterocycles. The number of aromatic nitrogens is 4. The highest BCUT2D eigenvalue weighted by molar-refractivity contribution is 5.99. The maximum atomic E-state index is 14.4. The Labute approximate surface area is 225 Å². The molecule has 7 rings (SSSR count). The number of fused-ring (bicyclic) bond motifs is 1. The normalized spacial score (nSPS) is 28.3. The summed E-state index contributed by atoms with van der Waals surface area (Å²) >= 11 is 0. The quantitative estimate of drug-likeness (QED) is 0.362. The Hall–Kier alpha value is -3.62. The summed E-state index contributed by atoms with van der Waals surface area (Å²) in [7, 11) is 0. The Morgan fingerprint density at radius 3 is 2.64 bits per heavy atom. The van der Waals surface area contributed by atoms with Crippen LogP contribution >= 0.6 is 0 Å². The molecule has 4 bridgehead atoms. The molecule has 4 aliphatic rings. The number of alkyl halides is 1. The van der Waals surface area contributed by atoms with Gasteiger partial charge in [-0.2, -0.15) is 15.0 Å². The summed E-state index contributed by atoms with van der Waals surface area (Å²) in [6.07, 6.45) is 7.99. The van der Waals surface area contributed by atoms with Gasteiger partial charge in [0.25, 0.3) is 5.91 Å². The maximum Gasteiger partial charge on any atom is 0.255 e. The number of nitrogens with zero attached hydrogens (tertiary/aromatic N) is 5. The van der Waals surface area contributed by atoms with Crippen LogP contribution in [0.2, 0.25) is 0 Å². The first-order valence-corrected chi connectivity index (χ1v) is 13.4. The van der Waals surface area contributed by atoms with Crippen LogP contribution in [0.4, 0.5) is 10.1 Å². The summed E-state index contributed by atoms with van der Waals surface area (Å²) in [6.45, 7) is 2.35. The van der Waals surface area contributed by atoms with E-state index in [2.05, 4.69) is 31.8 Å². The first kappa shape index (κ1) is 25.6. The highest BCUT2D eigenvalue weighted by Gasteiger charge is 2.57. The van der Waals surface area contributed by atoms with E-state index in [0.717, 1.165) is 32.1 Å². The van der Waals surface area contributed by atoms with Crippen LogP contribution in [0.3, 0.4) is 0 Å². The number of pyridine rings is 2. The molecule has 0 spiro atoms. The zero-order valence-corrected chi connectivity index (χ0v) is 22.0. The van der Waals surface area contributed by atoms with Crippen molar-refractivity contribution in [3.8, 4) is 11.9 Å². The van der Waals surface area contributed by atoms with Gasteiger partial charge in [0.1, 0.15) is 12.2 Å². The van der Waals surface area contributed by atoms with E-state index in [1.54, 1.807) is 23.0 Å². The second-order valence-electron chi connectivity index (χ2n) is 12.3. The number of aliphatic hydroxyl groups is 2. The summed E-state index contributed by atoms with van der Waals surface area (Å²) in [6, 6.07) is 5.49. The number of hydrogen-bond acceptors (Lipinski definition) is 8. The van der Waals surface area contributed by atoms with Gasteiger partial charge in [-0.25, -0.2) is 14.4 Å². The third-order valence-electron chi connectivity index (χ3n) is 8.53. The van der Waals surface area contributed by atoms with Gasteiger partial charge < -0.3 is 20.8 Å². The Morgan fingerprint density at radius 2 is 1.97 bits per heavy atom. The van der Waals surface area contributed by atoms with Crippen LogP contribution in [0.1, 0.15) is 68.3 Å². The van der Waals surface area contributed by atoms with Gasteiger partial charge in [-0.3, -0.25) is 4.79 Å². The predicted molar refractivity (Wildman–Crippen MR) is 141 cm³/mol. The average molecular weight is 534 g/mol. The smallest absolute Gasteiger partial charge is 0.255 e. The Kier molecular flexibility index (Phi) is 5.89. The number of carbonyl (C=O) groups excluding carboxylic acids is 1. The van der Waals surface area contributed by atoms with E-state index >= 15 is 0 Å². The van der Waals surface area contributed by atoms with Crippen LogP contribution in [0.25, 0.3) is 16.9 Å². The molecule has 4 saturated carbocycles. The molecule has 0 saturated heterocycles. The lowest BCUT2D eigenvalue weighted by molar-refractivity contribution is -0.127. The number of nitriles is 1. The lowest BCUT2D eigenvalue weighted by atomic mass is 9.51. The molecule has 10 nitrogen and oxygen atoms in total. The summed E-state index contributed by atoms with van der Waals surface area (Å²) < 4.78 is 15.9. The van der Waals surface area contributed by atoms with Crippen molar-refractivity contribution < 1.29 is 19.4 Å². The second kappa shape index (κ2) is 8.96. The summed E-state index contributed by atoms with van der Waals surface area (Å²) in [4.78, 5) is 22.1. The third kappa shape index (κ3) is 4.72. The molecule has 0 aromatic carbocycles. The van der Waals surface area contributed by atoms with Crippen LogP contribution in [0.15, 0.2) is 30.7 Å². The molecule has 4 N–H and O–H groups in total. The fraction of sp³-hybridized carbons (Fsp3) is 0.536. The Bertz CT molecular complexity index is 1480. The van der Waals surface area contributed by atoms with E-state index in [-0.39, 0.29) is 17.6 Å². The molecular weight excluding hydrogens is 501 g/mol. The minimum absolute atomic E-state index is 0.237. The van der Waals surface area contributed by atoms with Crippen molar-refractivity contribution >= 4 is 22.6 Å². The monoisotopic (exact) mass is 533 g/mol. The van der Waals surface area contributed by atoms with Gasteiger partial charge in [0.15, 0.2) is 11.5 Å². The van der Waals surface area contributed by atoms with E-state index in [0.29, 0.717) is 46.4 Å². The zero-order valence-electron chi connectivity index (χ0n) is 22.0. The molecule has 4 aliphatic carbocycles. The summed E-state index contributed by atoms with van der Waals surface area (Å²) in [5.74, 6) is 0.753. The highest BCUT2D eigenvalue weighted by atomic mass is 19.1. The number of nitrogens with one attached hydrogen (secondary N) is 2. The second-order valence-corrected chi connectivity index (χ2v) is 12.3. The van der Waals surface area contributed by atoms with Gasteiger partial charge in [0.05, 0.1) is 40.8 Å². The molecule has 5 atom stereocenters. The first-order valence-electron chi connectivity index (χ1n) is 13.4. The predicted octanol–water partition coefficient (Wildman–Crippen LogP) is 3.02. The molecule has 204 valence electrons. The van der Waals surface area contributed by atoms with Crippen LogP contribution in [0.5, 0.6) is 0 Å². The van der Waals surface area contributed by atoms with Crippen molar-refractivity contribution in [2.75, 3.05) is 11.9 Å². The number of carbonyl (C=O) groups is 1. The minimum Gasteiger partial charge on any atom is -0.390 e. The molecule has 0 aliphatic heterocycles. The molecule has 0 radical (unpaired) electrons. The number of hydrogen-bond donors (Lipinski definition) is 4. The topological polar surface area (TPSA) is 149 Å². The summed E-state index contributed by atoms with van der Waals surface area (Å²) in [5.41, 5.74) is -0.983. The van der Waals surface area contributed by atoms with Gasteiger partial charge in [-0.1, -0.05) is 0 Å². The molecule has 2 unspecified atom stereocenters. The highest BCUT2D eigenvalue weighted by Crippen LogP contribution is 2.58. The largest absolute Gasteiger partial charge is 0.390 e. The Balaban J connectivity index is 1.37. The third-order valence-corrected chi connectivity index (χ3v) is 8.53. The lowest BCUT2D eigenvalue weighted by Crippen LogP contribution is -2.62. The van der Waals surface area contributed by atoms with E-state index in [9.17, 15) is 24.7 Å². The molecule has 11 heteroatoms. The number of rotatable bonds is 7. The van der Waals surface area contributed by atoms with Gasteiger partial charge in [-0.15, -0.1) is 0 Å². The van der Waals surface area contributed by atoms with Crippen LogP contribution in [-0.2, 0) is 0 Å². The fourth-order valence-corrected chi connectivity index (χ4v) is 7.17. The van der Waals surface area contributed by atoms with E-state index < -0.39 is 23.3 Å². The van der Waals surface area contributed by atoms with Gasteiger partial charge >= 0.3 is 0 Å². The standard InChI is InChI=1S/C28H32FN7O3/c1-26(2,38)22(29)14-33-25(37)20-13-31-23(36-24-19(12-34-36)4-18(10-30)11-32-24)5-21(20)35-27-6-16-3-17(7-27)9-28(39,8-16)15-27/h4-5,11-13,16-17,22,38-39H,3,6-9,14-15H2,1-2H3,(H,31,35)(H,33,37)/t16-,17?,22+,27+,28?/m0/s1. The summed E-state index contributed by atoms with van der Waals surface area (Å²) in [5, 5.41) is 41.7. The molecule has 1 amide bonds. The molecule has 4 fully saturated rings. The van der Waals surface area contributed by atoms with Crippen LogP contribution in [-0.4, -0.2) is 65.3 Å². The van der Waals surface area contributed by atoms with Gasteiger partial charge in [0, 0.05) is 29.4 Å². The van der Waals surface area contributed by atoms with E-state index in [1.807, 2.05) is 0 Å². The fourth-order valence-electron chi connectivity index (χ4n) is 7.17. The van der Waals surface area contributed by atoms with E-state index in [1.165, 1.54) is 26.2 Å². The molecule has 39 heavy (non-hydrogen) atoms. The van der Waals surface area contributed by atoms with Gasteiger partial charge in [0.2, 0.25) is 0 Å². The minimum atomic E-state index is -1.65. The molecular formula is C28H32FN7O3. The number of amides is 1. The van der Waals surface area contributed by atoms with Crippen molar-refractivity contribution in [3.05, 3.63) is 41.9 Å². The SMILES string of the molecule is CC(C)(O)[C@H](F)CNC(=O)c1cnc(-n2ncc3cc(C#N)cnc32)cc1N[C@]12CC3C[C@H](CC(O)(C3)C1)C2. The lowest BCUT2D eigenvalue weighted by Gasteiger charge is -2.60. The van der Waals surface area contributed by atoms with Crippen LogP contribution < -0.4 is 10.6 Å². The van der Waals surface area contributed by atoms with Crippen molar-refractivity contribution in [3.63, 3.8) is 0 Å². The van der Waals surface area contributed by atoms with Crippen molar-refractivity contribution in [2.24, 2.45) is 11.8 Å². The van der Waals surface area contributed by atoms with Gasteiger partial charge in [-0.05, 0) is 70.3 Å². The first-order chi connectivity index (χ1) is 18.5. The Morgan fingerprint density at radius 1 is 1.23 bits per heavy atom. The van der Waals surface area contributed by atoms with Crippen molar-refractivity contribution in [1.29, 1.82) is 5.26 Å². The number of halogens is 1. The average Bonchev–Trinajstić information content (AvgIpc) is 3.28. The van der Waals surface area contributed by atoms with E-state index in [4.69, 9.17) is 0 Å². The molecule has 3 heterocycles. The zero-order chi connectivity index (χ0) is 27.6.